The normalized spacial score (nSPS) is 9.60. The smallest absolute Gasteiger partial charge is 0.00104 e. The molecule has 10 heavy (non-hydrogen) atoms. The molecule has 1 N–H and O–H groups in total. The summed E-state index contributed by atoms with van der Waals surface area (Å²) in [6.07, 6.45) is 0. The summed E-state index contributed by atoms with van der Waals surface area (Å²) in [6, 6.07) is 0.636. The van der Waals surface area contributed by atoms with Gasteiger partial charge < -0.3 is 5.32 Å². The van der Waals surface area contributed by atoms with Gasteiger partial charge in [-0.2, -0.15) is 0 Å². The summed E-state index contributed by atoms with van der Waals surface area (Å²) in [7, 11) is 0. The largest absolute Gasteiger partial charge is 0.314 e. The molecule has 0 aliphatic carbocycles. The molecule has 0 aliphatic rings. The first-order chi connectivity index (χ1) is 4.63. The second-order valence-corrected chi connectivity index (χ2v) is 2.96. The molecule has 0 saturated carbocycles. The van der Waals surface area contributed by atoms with Crippen molar-refractivity contribution in [1.82, 2.24) is 5.32 Å². The van der Waals surface area contributed by atoms with E-state index in [0.717, 1.165) is 12.5 Å². The van der Waals surface area contributed by atoms with Gasteiger partial charge in [-0.1, -0.05) is 41.5 Å². The number of hydrogen-bond acceptors (Lipinski definition) is 1. The molecule has 0 spiro atoms. The van der Waals surface area contributed by atoms with E-state index in [9.17, 15) is 0 Å². The first kappa shape index (κ1) is 12.6. The van der Waals surface area contributed by atoms with Crippen LogP contribution in [0.1, 0.15) is 41.5 Å². The van der Waals surface area contributed by atoms with Gasteiger partial charge >= 0.3 is 0 Å². The van der Waals surface area contributed by atoms with E-state index in [1.807, 2.05) is 13.8 Å². The van der Waals surface area contributed by atoms with Crippen LogP contribution < -0.4 is 5.32 Å². The lowest BCUT2D eigenvalue weighted by molar-refractivity contribution is 0.505. The molecule has 0 amide bonds. The quantitative estimate of drug-likeness (QED) is 0.644. The second kappa shape index (κ2) is 8.96. The van der Waals surface area contributed by atoms with Gasteiger partial charge in [-0.3, -0.25) is 0 Å². The van der Waals surface area contributed by atoms with Gasteiger partial charge in [-0.15, -0.1) is 0 Å². The van der Waals surface area contributed by atoms with Crippen LogP contribution in [-0.4, -0.2) is 12.6 Å². The fourth-order valence-electron chi connectivity index (χ4n) is 0.471. The zero-order chi connectivity index (χ0) is 8.57. The van der Waals surface area contributed by atoms with Gasteiger partial charge in [-0.05, 0) is 12.5 Å². The highest BCUT2D eigenvalue weighted by Crippen LogP contribution is 1.87. The lowest BCUT2D eigenvalue weighted by Gasteiger charge is -2.09. The van der Waals surface area contributed by atoms with Crippen LogP contribution in [0, 0.1) is 5.92 Å². The summed E-state index contributed by atoms with van der Waals surface area (Å²) >= 11 is 0. The van der Waals surface area contributed by atoms with Gasteiger partial charge in [0.05, 0.1) is 0 Å². The Morgan fingerprint density at radius 1 is 1.00 bits per heavy atom. The Labute approximate surface area is 66.2 Å². The van der Waals surface area contributed by atoms with Crippen molar-refractivity contribution in [3.63, 3.8) is 0 Å². The van der Waals surface area contributed by atoms with Crippen molar-refractivity contribution in [2.75, 3.05) is 6.54 Å². The molecule has 0 fully saturated rings. The van der Waals surface area contributed by atoms with E-state index in [0.29, 0.717) is 6.04 Å². The molecule has 0 aromatic carbocycles. The van der Waals surface area contributed by atoms with Crippen LogP contribution in [0.3, 0.4) is 0 Å². The van der Waals surface area contributed by atoms with E-state index in [2.05, 4.69) is 33.0 Å². The molecule has 0 rings (SSSR count). The van der Waals surface area contributed by atoms with Crippen LogP contribution in [0.15, 0.2) is 0 Å². The van der Waals surface area contributed by atoms with Crippen molar-refractivity contribution in [2.45, 2.75) is 47.6 Å². The summed E-state index contributed by atoms with van der Waals surface area (Å²) in [5.41, 5.74) is 0. The zero-order valence-electron chi connectivity index (χ0n) is 8.36. The first-order valence-electron chi connectivity index (χ1n) is 4.36. The van der Waals surface area contributed by atoms with Crippen LogP contribution in [-0.2, 0) is 0 Å². The van der Waals surface area contributed by atoms with E-state index < -0.39 is 0 Å². The highest BCUT2D eigenvalue weighted by Gasteiger charge is 1.93. The van der Waals surface area contributed by atoms with Crippen LogP contribution in [0.5, 0.6) is 0 Å². The van der Waals surface area contributed by atoms with E-state index >= 15 is 0 Å². The Bertz CT molecular complexity index is 40.7. The van der Waals surface area contributed by atoms with Crippen LogP contribution in [0.2, 0.25) is 0 Å². The molecule has 0 radical (unpaired) electrons. The average molecular weight is 145 g/mol. The Kier molecular flexibility index (Phi) is 11.3. The molecule has 1 nitrogen and oxygen atoms in total. The summed E-state index contributed by atoms with van der Waals surface area (Å²) in [5, 5.41) is 3.34. The Morgan fingerprint density at radius 3 is 1.50 bits per heavy atom. The summed E-state index contributed by atoms with van der Waals surface area (Å²) in [4.78, 5) is 0. The minimum absolute atomic E-state index is 0.636. The third kappa shape index (κ3) is 15.7. The fourth-order valence-corrected chi connectivity index (χ4v) is 0.471. The molecule has 64 valence electrons. The summed E-state index contributed by atoms with van der Waals surface area (Å²) in [6.45, 7) is 13.9. The third-order valence-corrected chi connectivity index (χ3v) is 0.934. The molecule has 0 atom stereocenters. The molecule has 0 saturated heterocycles. The van der Waals surface area contributed by atoms with Crippen LogP contribution >= 0.6 is 0 Å². The van der Waals surface area contributed by atoms with Crippen LogP contribution in [0.4, 0.5) is 0 Å². The van der Waals surface area contributed by atoms with Crippen molar-refractivity contribution < 1.29 is 0 Å². The second-order valence-electron chi connectivity index (χ2n) is 2.96. The molecule has 1 heteroatoms. The van der Waals surface area contributed by atoms with Crippen molar-refractivity contribution >= 4 is 0 Å². The molecular formula is C9H23N. The van der Waals surface area contributed by atoms with E-state index in [-0.39, 0.29) is 0 Å². The predicted molar refractivity (Wildman–Crippen MR) is 49.3 cm³/mol. The highest BCUT2D eigenvalue weighted by atomic mass is 14.9. The maximum absolute atomic E-state index is 3.34. The molecule has 0 aromatic heterocycles. The molecular weight excluding hydrogens is 122 g/mol. The summed E-state index contributed by atoms with van der Waals surface area (Å²) < 4.78 is 0. The van der Waals surface area contributed by atoms with Gasteiger partial charge in [-0.25, -0.2) is 0 Å². The SMILES string of the molecule is CC.CC(C)CNC(C)C. The number of nitrogens with one attached hydrogen (secondary N) is 1. The monoisotopic (exact) mass is 145 g/mol. The zero-order valence-corrected chi connectivity index (χ0v) is 8.36. The van der Waals surface area contributed by atoms with Gasteiger partial charge in [0.1, 0.15) is 0 Å². The Morgan fingerprint density at radius 2 is 1.40 bits per heavy atom. The molecule has 0 aromatic rings. The van der Waals surface area contributed by atoms with Crippen molar-refractivity contribution in [1.29, 1.82) is 0 Å². The molecule has 0 bridgehead atoms. The molecule has 0 aliphatic heterocycles. The fraction of sp³-hybridized carbons (Fsp3) is 1.00. The average Bonchev–Trinajstić information content (AvgIpc) is 1.89. The maximum Gasteiger partial charge on any atom is 0.00104 e. The molecule has 0 unspecified atom stereocenters. The van der Waals surface area contributed by atoms with Crippen LogP contribution in [0.25, 0.3) is 0 Å². The van der Waals surface area contributed by atoms with E-state index in [1.54, 1.807) is 0 Å². The minimum Gasteiger partial charge on any atom is -0.314 e. The van der Waals surface area contributed by atoms with Crippen molar-refractivity contribution in [2.24, 2.45) is 5.92 Å². The maximum atomic E-state index is 3.34. The van der Waals surface area contributed by atoms with Gasteiger partial charge in [0.2, 0.25) is 0 Å². The number of hydrogen-bond donors (Lipinski definition) is 1. The standard InChI is InChI=1S/C7H17N.C2H6/c1-6(2)5-8-7(3)4;1-2/h6-8H,5H2,1-4H3;1-2H3. The third-order valence-electron chi connectivity index (χ3n) is 0.934. The Hall–Kier alpha value is -0.0400. The van der Waals surface area contributed by atoms with Crippen molar-refractivity contribution in [3.05, 3.63) is 0 Å². The minimum atomic E-state index is 0.636. The van der Waals surface area contributed by atoms with E-state index in [1.165, 1.54) is 0 Å². The van der Waals surface area contributed by atoms with E-state index in [4.69, 9.17) is 0 Å². The van der Waals surface area contributed by atoms with Crippen molar-refractivity contribution in [3.8, 4) is 0 Å². The summed E-state index contributed by atoms with van der Waals surface area (Å²) in [5.74, 6) is 0.775. The Balaban J connectivity index is 0. The first-order valence-corrected chi connectivity index (χ1v) is 4.36. The van der Waals surface area contributed by atoms with Gasteiger partial charge in [0.25, 0.3) is 0 Å². The lowest BCUT2D eigenvalue weighted by atomic mass is 10.2. The topological polar surface area (TPSA) is 12.0 Å². The lowest BCUT2D eigenvalue weighted by Crippen LogP contribution is -2.26. The predicted octanol–water partition coefficient (Wildman–Crippen LogP) is 2.67. The number of rotatable bonds is 3. The highest BCUT2D eigenvalue weighted by molar-refractivity contribution is 4.54. The molecule has 0 heterocycles. The van der Waals surface area contributed by atoms with Gasteiger partial charge in [0, 0.05) is 6.04 Å². The van der Waals surface area contributed by atoms with Gasteiger partial charge in [0.15, 0.2) is 0 Å².